The molecule has 4 N–H and O–H groups in total. The van der Waals surface area contributed by atoms with Gasteiger partial charge in [0.25, 0.3) is 0 Å². The highest BCUT2D eigenvalue weighted by atomic mass is 16.4. The minimum absolute atomic E-state index is 0. The van der Waals surface area contributed by atoms with E-state index < -0.39 is 18.2 Å². The number of carboxylic acids is 1. The summed E-state index contributed by atoms with van der Waals surface area (Å²) in [5, 5.41) is 31.4. The average Bonchev–Trinajstić information content (AvgIpc) is 3.01. The Morgan fingerprint density at radius 2 is 1.19 bits per heavy atom. The Kier molecular flexibility index (Phi) is 22.2. The third-order valence-electron chi connectivity index (χ3n) is 6.64. The lowest BCUT2D eigenvalue weighted by Crippen LogP contribution is -2.41. The number of hydrogen-bond acceptors (Lipinski definition) is 5. The van der Waals surface area contributed by atoms with Crippen molar-refractivity contribution >= 4 is 11.9 Å². The van der Waals surface area contributed by atoms with Gasteiger partial charge in [0.05, 0.1) is 24.2 Å². The van der Waals surface area contributed by atoms with Crippen LogP contribution in [0.1, 0.15) is 85.1 Å². The molecule has 7 heteroatoms. The number of aliphatic hydroxyl groups is 2. The van der Waals surface area contributed by atoms with E-state index >= 15 is 0 Å². The molecule has 2 aromatic carbocycles. The SMILES string of the molecule is C.CC#CCC(C)C(=O)N(C)[C@H](C)[C@H](O)c1ccccc1.CC#CCC(C)C(=O)O.CN[C@H](C)[C@H](O)c1ccccc1. The second-order valence-electron chi connectivity index (χ2n) is 9.88. The van der Waals surface area contributed by atoms with Crippen LogP contribution < -0.4 is 5.32 Å². The molecule has 1 amide bonds. The van der Waals surface area contributed by atoms with Crippen LogP contribution in [0.25, 0.3) is 0 Å². The molecule has 6 atom stereocenters. The molecular weight excluding hydrogens is 528 g/mol. The predicted molar refractivity (Wildman–Crippen MR) is 172 cm³/mol. The number of likely N-dealkylation sites (N-methyl/N-ethyl adjacent to an activating group) is 2. The largest absolute Gasteiger partial charge is 0.481 e. The van der Waals surface area contributed by atoms with Crippen molar-refractivity contribution in [2.45, 2.75) is 86.1 Å². The molecule has 0 saturated carbocycles. The molecule has 0 aliphatic heterocycles. The fourth-order valence-corrected chi connectivity index (χ4v) is 3.47. The summed E-state index contributed by atoms with van der Waals surface area (Å²) in [5.41, 5.74) is 1.78. The highest BCUT2D eigenvalue weighted by molar-refractivity contribution is 5.78. The molecule has 0 fully saturated rings. The molecular formula is C35H52N2O5. The van der Waals surface area contributed by atoms with E-state index in [0.717, 1.165) is 11.1 Å². The van der Waals surface area contributed by atoms with Crippen molar-refractivity contribution < 1.29 is 24.9 Å². The van der Waals surface area contributed by atoms with Gasteiger partial charge in [-0.05, 0) is 45.9 Å². The van der Waals surface area contributed by atoms with Crippen LogP contribution in [-0.4, -0.2) is 58.3 Å². The number of amides is 1. The van der Waals surface area contributed by atoms with Crippen LogP contribution in [0.4, 0.5) is 0 Å². The van der Waals surface area contributed by atoms with Gasteiger partial charge in [0, 0.05) is 31.8 Å². The van der Waals surface area contributed by atoms with E-state index in [1.165, 1.54) is 0 Å². The molecule has 2 aromatic rings. The minimum atomic E-state index is -0.780. The molecule has 42 heavy (non-hydrogen) atoms. The smallest absolute Gasteiger partial charge is 0.307 e. The second-order valence-corrected chi connectivity index (χ2v) is 9.88. The molecule has 2 rings (SSSR count). The Bertz CT molecular complexity index is 1130. The van der Waals surface area contributed by atoms with Gasteiger partial charge in [0.15, 0.2) is 0 Å². The molecule has 0 aliphatic carbocycles. The molecule has 2 unspecified atom stereocenters. The van der Waals surface area contributed by atoms with Crippen molar-refractivity contribution in [3.8, 4) is 23.7 Å². The summed E-state index contributed by atoms with van der Waals surface area (Å²) in [5.74, 6) is 9.80. The average molecular weight is 581 g/mol. The minimum Gasteiger partial charge on any atom is -0.481 e. The van der Waals surface area contributed by atoms with Gasteiger partial charge in [0.1, 0.15) is 0 Å². The number of carbonyl (C=O) groups excluding carboxylic acids is 1. The molecule has 7 nitrogen and oxygen atoms in total. The van der Waals surface area contributed by atoms with Crippen LogP contribution in [0.15, 0.2) is 60.7 Å². The monoisotopic (exact) mass is 580 g/mol. The summed E-state index contributed by atoms with van der Waals surface area (Å²) in [6.45, 7) is 10.8. The number of carbonyl (C=O) groups is 2. The first-order valence-corrected chi connectivity index (χ1v) is 13.8. The van der Waals surface area contributed by atoms with Crippen molar-refractivity contribution in [3.63, 3.8) is 0 Å². The van der Waals surface area contributed by atoms with E-state index in [2.05, 4.69) is 29.0 Å². The fraction of sp³-hybridized carbons (Fsp3) is 0.486. The van der Waals surface area contributed by atoms with Gasteiger partial charge in [0.2, 0.25) is 5.91 Å². The second kappa shape index (κ2) is 23.0. The van der Waals surface area contributed by atoms with E-state index in [1.807, 2.05) is 88.5 Å². The van der Waals surface area contributed by atoms with Gasteiger partial charge in [-0.3, -0.25) is 9.59 Å². The van der Waals surface area contributed by atoms with Gasteiger partial charge in [-0.15, -0.1) is 23.7 Å². The Labute approximate surface area is 254 Å². The third kappa shape index (κ3) is 15.4. The molecule has 0 heterocycles. The Hall–Kier alpha value is -3.62. The number of hydrogen-bond donors (Lipinski definition) is 4. The summed E-state index contributed by atoms with van der Waals surface area (Å²) in [7, 11) is 3.58. The maximum Gasteiger partial charge on any atom is 0.307 e. The quantitative estimate of drug-likeness (QED) is 0.268. The fourth-order valence-electron chi connectivity index (χ4n) is 3.47. The van der Waals surface area contributed by atoms with Gasteiger partial charge in [-0.25, -0.2) is 0 Å². The van der Waals surface area contributed by atoms with Crippen LogP contribution in [-0.2, 0) is 9.59 Å². The number of aliphatic carboxylic acids is 1. The molecule has 232 valence electrons. The molecule has 0 saturated heterocycles. The number of aliphatic hydroxyl groups excluding tert-OH is 2. The van der Waals surface area contributed by atoms with Crippen LogP contribution in [0.2, 0.25) is 0 Å². The number of nitrogens with zero attached hydrogens (tertiary/aromatic N) is 1. The van der Waals surface area contributed by atoms with E-state index in [0.29, 0.717) is 12.8 Å². The summed E-state index contributed by atoms with van der Waals surface area (Å²) < 4.78 is 0. The number of rotatable bonds is 10. The molecule has 0 radical (unpaired) electrons. The lowest BCUT2D eigenvalue weighted by Gasteiger charge is -2.31. The first-order valence-electron chi connectivity index (χ1n) is 13.8. The summed E-state index contributed by atoms with van der Waals surface area (Å²) in [6, 6.07) is 18.9. The van der Waals surface area contributed by atoms with Crippen LogP contribution in [0.3, 0.4) is 0 Å². The van der Waals surface area contributed by atoms with E-state index in [4.69, 9.17) is 5.11 Å². The maximum absolute atomic E-state index is 12.3. The Morgan fingerprint density at radius 1 is 0.786 bits per heavy atom. The van der Waals surface area contributed by atoms with Crippen molar-refractivity contribution in [1.82, 2.24) is 10.2 Å². The van der Waals surface area contributed by atoms with Crippen LogP contribution in [0.5, 0.6) is 0 Å². The van der Waals surface area contributed by atoms with E-state index in [9.17, 15) is 19.8 Å². The molecule has 0 spiro atoms. The Balaban J connectivity index is 0. The van der Waals surface area contributed by atoms with Crippen molar-refractivity contribution in [3.05, 3.63) is 71.8 Å². The van der Waals surface area contributed by atoms with Gasteiger partial charge < -0.3 is 25.5 Å². The lowest BCUT2D eigenvalue weighted by molar-refractivity contribution is -0.141. The highest BCUT2D eigenvalue weighted by Gasteiger charge is 2.26. The van der Waals surface area contributed by atoms with Gasteiger partial charge in [-0.1, -0.05) is 81.9 Å². The molecule has 0 aliphatic rings. The van der Waals surface area contributed by atoms with Crippen molar-refractivity contribution in [2.75, 3.05) is 14.1 Å². The normalized spacial score (nSPS) is 13.9. The van der Waals surface area contributed by atoms with E-state index in [-0.39, 0.29) is 37.3 Å². The zero-order chi connectivity index (χ0) is 31.4. The van der Waals surface area contributed by atoms with Gasteiger partial charge >= 0.3 is 5.97 Å². The first kappa shape index (κ1) is 40.5. The summed E-state index contributed by atoms with van der Waals surface area (Å²) in [6.07, 6.45) is -0.106. The zero-order valence-corrected chi connectivity index (χ0v) is 25.8. The molecule has 0 aromatic heterocycles. The summed E-state index contributed by atoms with van der Waals surface area (Å²) in [4.78, 5) is 24.0. The van der Waals surface area contributed by atoms with Gasteiger partial charge in [-0.2, -0.15) is 0 Å². The van der Waals surface area contributed by atoms with Crippen LogP contribution >= 0.6 is 0 Å². The zero-order valence-electron chi connectivity index (χ0n) is 25.8. The summed E-state index contributed by atoms with van der Waals surface area (Å²) >= 11 is 0. The topological polar surface area (TPSA) is 110 Å². The predicted octanol–water partition coefficient (Wildman–Crippen LogP) is 5.70. The number of benzene rings is 2. The van der Waals surface area contributed by atoms with Crippen molar-refractivity contribution in [1.29, 1.82) is 0 Å². The maximum atomic E-state index is 12.3. The Morgan fingerprint density at radius 3 is 1.57 bits per heavy atom. The highest BCUT2D eigenvalue weighted by Crippen LogP contribution is 2.21. The van der Waals surface area contributed by atoms with E-state index in [1.54, 1.807) is 32.7 Å². The van der Waals surface area contributed by atoms with Crippen molar-refractivity contribution in [2.24, 2.45) is 11.8 Å². The van der Waals surface area contributed by atoms with Crippen LogP contribution in [0, 0.1) is 35.5 Å². The molecule has 0 bridgehead atoms. The third-order valence-corrected chi connectivity index (χ3v) is 6.64. The number of carboxylic acid groups (broad SMARTS) is 1. The number of nitrogens with one attached hydrogen (secondary N) is 1. The standard InChI is InChI=1S/C17H23NO2.C10H15NO.C7H10O2.CH4/c1-5-6-10-13(2)17(20)18(4)14(3)16(19)15-11-8-7-9-12-15;1-8(11-2)10(12)9-6-4-3-5-7-9;1-3-4-5-6(2)7(8)9;/h7-9,11-14,16,19H,10H2,1-4H3;3-8,10-12H,1-2H3;6H,5H2,1-2H3,(H,8,9);1H4/t13?,14-,16+;8-,10+;;/m11../s1. The first-order chi connectivity index (χ1) is 19.4. The lowest BCUT2D eigenvalue weighted by atomic mass is 10.0.